The summed E-state index contributed by atoms with van der Waals surface area (Å²) in [6.07, 6.45) is 1.77. The van der Waals surface area contributed by atoms with Gasteiger partial charge in [-0.05, 0) is 7.05 Å². The molecule has 18 heavy (non-hydrogen) atoms. The van der Waals surface area contributed by atoms with Gasteiger partial charge in [0.05, 0.1) is 12.2 Å². The quantitative estimate of drug-likeness (QED) is 0.715. The van der Waals surface area contributed by atoms with E-state index in [1.165, 1.54) is 0 Å². The second kappa shape index (κ2) is 4.66. The molecular weight excluding hydrogens is 232 g/mol. The van der Waals surface area contributed by atoms with Crippen molar-refractivity contribution < 1.29 is 4.79 Å². The minimum Gasteiger partial charge on any atom is -0.335 e. The summed E-state index contributed by atoms with van der Waals surface area (Å²) in [5.41, 5.74) is 0.464. The Balaban J connectivity index is 1.66. The van der Waals surface area contributed by atoms with Crippen LogP contribution in [0.2, 0.25) is 0 Å². The molecule has 0 aliphatic carbocycles. The first kappa shape index (κ1) is 11.6. The number of piperazine rings is 1. The molecule has 0 bridgehead atoms. The molecule has 1 aromatic heterocycles. The molecule has 3 rings (SSSR count). The predicted molar refractivity (Wildman–Crippen MR) is 65.3 cm³/mol. The SMILES string of the molecule is CN1CCN(C(=O)c2cn(C3CNC3)nn2)CC1. The summed E-state index contributed by atoms with van der Waals surface area (Å²) >= 11 is 0. The molecule has 0 unspecified atom stereocenters. The fraction of sp³-hybridized carbons (Fsp3) is 0.727. The normalized spacial score (nSPS) is 21.9. The molecule has 1 N–H and O–H groups in total. The van der Waals surface area contributed by atoms with Crippen LogP contribution in [0.3, 0.4) is 0 Å². The van der Waals surface area contributed by atoms with Crippen molar-refractivity contribution in [3.63, 3.8) is 0 Å². The molecule has 0 spiro atoms. The summed E-state index contributed by atoms with van der Waals surface area (Å²) in [5.74, 6) is 0.00151. The van der Waals surface area contributed by atoms with Gasteiger partial charge in [0.1, 0.15) is 0 Å². The first-order valence-corrected chi connectivity index (χ1v) is 6.34. The van der Waals surface area contributed by atoms with Crippen LogP contribution >= 0.6 is 0 Å². The van der Waals surface area contributed by atoms with Crippen molar-refractivity contribution in [2.75, 3.05) is 46.3 Å². The lowest BCUT2D eigenvalue weighted by atomic mass is 10.2. The molecule has 3 heterocycles. The van der Waals surface area contributed by atoms with Crippen molar-refractivity contribution in [2.24, 2.45) is 0 Å². The third-order valence-electron chi connectivity index (χ3n) is 3.65. The lowest BCUT2D eigenvalue weighted by Crippen LogP contribution is -2.47. The molecule has 2 aliphatic rings. The number of carbonyl (C=O) groups is 1. The summed E-state index contributed by atoms with van der Waals surface area (Å²) in [5, 5.41) is 11.2. The molecule has 0 saturated carbocycles. The van der Waals surface area contributed by atoms with Crippen molar-refractivity contribution in [2.45, 2.75) is 6.04 Å². The Morgan fingerprint density at radius 3 is 2.67 bits per heavy atom. The van der Waals surface area contributed by atoms with Gasteiger partial charge >= 0.3 is 0 Å². The Morgan fingerprint density at radius 1 is 1.33 bits per heavy atom. The summed E-state index contributed by atoms with van der Waals surface area (Å²) in [4.78, 5) is 16.3. The average molecular weight is 250 g/mol. The molecular formula is C11H18N6O. The molecule has 1 amide bonds. The fourth-order valence-corrected chi connectivity index (χ4v) is 2.19. The highest BCUT2D eigenvalue weighted by Crippen LogP contribution is 2.11. The van der Waals surface area contributed by atoms with E-state index in [1.807, 2.05) is 4.90 Å². The Hall–Kier alpha value is -1.47. The number of carbonyl (C=O) groups excluding carboxylic acids is 1. The van der Waals surface area contributed by atoms with Crippen LogP contribution in [0.4, 0.5) is 0 Å². The van der Waals surface area contributed by atoms with E-state index in [9.17, 15) is 4.79 Å². The molecule has 2 saturated heterocycles. The molecule has 7 heteroatoms. The van der Waals surface area contributed by atoms with E-state index in [4.69, 9.17) is 0 Å². The first-order chi connectivity index (χ1) is 8.74. The van der Waals surface area contributed by atoms with Gasteiger partial charge in [-0.25, -0.2) is 4.68 Å². The van der Waals surface area contributed by atoms with E-state index in [-0.39, 0.29) is 5.91 Å². The Labute approximate surface area is 106 Å². The second-order valence-corrected chi connectivity index (χ2v) is 4.99. The smallest absolute Gasteiger partial charge is 0.276 e. The van der Waals surface area contributed by atoms with E-state index >= 15 is 0 Å². The monoisotopic (exact) mass is 250 g/mol. The number of amides is 1. The van der Waals surface area contributed by atoms with Crippen LogP contribution < -0.4 is 5.32 Å². The number of hydrogen-bond donors (Lipinski definition) is 1. The van der Waals surface area contributed by atoms with E-state index in [0.29, 0.717) is 11.7 Å². The highest BCUT2D eigenvalue weighted by molar-refractivity contribution is 5.92. The third kappa shape index (κ3) is 2.11. The van der Waals surface area contributed by atoms with Gasteiger partial charge in [-0.2, -0.15) is 0 Å². The van der Waals surface area contributed by atoms with Crippen LogP contribution in [0.15, 0.2) is 6.20 Å². The molecule has 1 aromatic rings. The van der Waals surface area contributed by atoms with Gasteiger partial charge in [-0.3, -0.25) is 4.79 Å². The van der Waals surface area contributed by atoms with Gasteiger partial charge in [0.25, 0.3) is 5.91 Å². The van der Waals surface area contributed by atoms with Crippen LogP contribution in [0, 0.1) is 0 Å². The van der Waals surface area contributed by atoms with Crippen molar-refractivity contribution in [1.82, 2.24) is 30.1 Å². The van der Waals surface area contributed by atoms with E-state index in [1.54, 1.807) is 10.9 Å². The average Bonchev–Trinajstić information content (AvgIpc) is 2.76. The van der Waals surface area contributed by atoms with Gasteiger partial charge in [-0.1, -0.05) is 5.21 Å². The molecule has 0 atom stereocenters. The Kier molecular flexibility index (Phi) is 3.00. The topological polar surface area (TPSA) is 66.3 Å². The van der Waals surface area contributed by atoms with E-state index in [0.717, 1.165) is 39.3 Å². The number of aromatic nitrogens is 3. The van der Waals surface area contributed by atoms with E-state index < -0.39 is 0 Å². The zero-order valence-corrected chi connectivity index (χ0v) is 10.5. The van der Waals surface area contributed by atoms with Gasteiger partial charge in [0.15, 0.2) is 5.69 Å². The summed E-state index contributed by atoms with van der Waals surface area (Å²) < 4.78 is 1.79. The fourth-order valence-electron chi connectivity index (χ4n) is 2.19. The van der Waals surface area contributed by atoms with E-state index in [2.05, 4.69) is 27.6 Å². The molecule has 0 aromatic carbocycles. The Morgan fingerprint density at radius 2 is 2.06 bits per heavy atom. The maximum atomic E-state index is 12.2. The van der Waals surface area contributed by atoms with Crippen molar-refractivity contribution in [3.05, 3.63) is 11.9 Å². The lowest BCUT2D eigenvalue weighted by molar-refractivity contribution is 0.0658. The van der Waals surface area contributed by atoms with Crippen molar-refractivity contribution in [3.8, 4) is 0 Å². The first-order valence-electron chi connectivity index (χ1n) is 6.34. The summed E-state index contributed by atoms with van der Waals surface area (Å²) in [7, 11) is 2.07. The lowest BCUT2D eigenvalue weighted by Gasteiger charge is -2.31. The molecule has 7 nitrogen and oxygen atoms in total. The molecule has 98 valence electrons. The summed E-state index contributed by atoms with van der Waals surface area (Å²) in [6, 6.07) is 0.353. The predicted octanol–water partition coefficient (Wildman–Crippen LogP) is -1.19. The zero-order chi connectivity index (χ0) is 12.5. The molecule has 2 fully saturated rings. The number of rotatable bonds is 2. The van der Waals surface area contributed by atoms with Gasteiger partial charge in [-0.15, -0.1) is 5.10 Å². The molecule has 0 radical (unpaired) electrons. The second-order valence-electron chi connectivity index (χ2n) is 4.99. The van der Waals surface area contributed by atoms with Crippen LogP contribution in [-0.2, 0) is 0 Å². The zero-order valence-electron chi connectivity index (χ0n) is 10.5. The van der Waals surface area contributed by atoms with Gasteiger partial charge in [0, 0.05) is 39.3 Å². The number of nitrogens with one attached hydrogen (secondary N) is 1. The maximum Gasteiger partial charge on any atom is 0.276 e. The molecule has 2 aliphatic heterocycles. The number of likely N-dealkylation sites (N-methyl/N-ethyl adjacent to an activating group) is 1. The van der Waals surface area contributed by atoms with Crippen LogP contribution in [0.25, 0.3) is 0 Å². The van der Waals surface area contributed by atoms with Crippen LogP contribution in [0.1, 0.15) is 16.5 Å². The third-order valence-corrected chi connectivity index (χ3v) is 3.65. The minimum absolute atomic E-state index is 0.00151. The van der Waals surface area contributed by atoms with Gasteiger partial charge in [0.2, 0.25) is 0 Å². The minimum atomic E-state index is 0.00151. The van der Waals surface area contributed by atoms with Crippen LogP contribution in [-0.4, -0.2) is 77.0 Å². The Bertz CT molecular complexity index is 432. The van der Waals surface area contributed by atoms with Crippen molar-refractivity contribution in [1.29, 1.82) is 0 Å². The van der Waals surface area contributed by atoms with Crippen LogP contribution in [0.5, 0.6) is 0 Å². The number of hydrogen-bond acceptors (Lipinski definition) is 5. The van der Waals surface area contributed by atoms with Gasteiger partial charge < -0.3 is 15.1 Å². The number of nitrogens with zero attached hydrogens (tertiary/aromatic N) is 5. The highest BCUT2D eigenvalue weighted by atomic mass is 16.2. The summed E-state index contributed by atoms with van der Waals surface area (Å²) in [6.45, 7) is 5.20. The highest BCUT2D eigenvalue weighted by Gasteiger charge is 2.25. The van der Waals surface area contributed by atoms with Crippen molar-refractivity contribution >= 4 is 5.91 Å². The maximum absolute atomic E-state index is 12.2. The standard InChI is InChI=1S/C11H18N6O/c1-15-2-4-16(5-3-15)11(18)10-8-17(14-13-10)9-6-12-7-9/h8-9,12H,2-7H2,1H3. The largest absolute Gasteiger partial charge is 0.335 e.